The molecule has 39 heavy (non-hydrogen) atoms. The van der Waals surface area contributed by atoms with Crippen LogP contribution in [0.15, 0.2) is 65.8 Å². The number of ether oxygens (including phenoxy) is 1. The molecule has 0 bridgehead atoms. The fraction of sp³-hybridized carbons (Fsp3) is 0.414. The predicted molar refractivity (Wildman–Crippen MR) is 153 cm³/mol. The molecule has 208 valence electrons. The minimum absolute atomic E-state index is 0.0223. The Bertz CT molecular complexity index is 1390. The van der Waals surface area contributed by atoms with Gasteiger partial charge in [0.2, 0.25) is 5.91 Å². The van der Waals surface area contributed by atoms with Crippen LogP contribution in [-0.4, -0.2) is 68.2 Å². The van der Waals surface area contributed by atoms with E-state index >= 15 is 0 Å². The molecule has 1 aliphatic rings. The summed E-state index contributed by atoms with van der Waals surface area (Å²) in [5.74, 6) is -0.787. The standard InChI is InChI=1S/C29H34ClN3O5S/c1-2-38-29(35)4-3-16-33(26-11-17-32(18-12-26)25-9-14-31-15-10-25)28(34)13-19-39(36,37)27-8-6-22-20-24(30)7-5-23(22)21-27/h5-10,14-15,20-21,26H,2-4,11-13,16-19H2,1H3. The van der Waals surface area contributed by atoms with Crippen LogP contribution in [0.4, 0.5) is 5.69 Å². The van der Waals surface area contributed by atoms with Crippen molar-refractivity contribution in [2.24, 2.45) is 0 Å². The van der Waals surface area contributed by atoms with Crippen LogP contribution in [0, 0.1) is 0 Å². The molecule has 0 radical (unpaired) electrons. The van der Waals surface area contributed by atoms with Gasteiger partial charge in [0.1, 0.15) is 0 Å². The van der Waals surface area contributed by atoms with Crippen molar-refractivity contribution in [3.05, 3.63) is 65.9 Å². The van der Waals surface area contributed by atoms with Gasteiger partial charge in [0.05, 0.1) is 17.3 Å². The zero-order valence-electron chi connectivity index (χ0n) is 22.1. The van der Waals surface area contributed by atoms with Crippen molar-refractivity contribution in [2.45, 2.75) is 50.0 Å². The first-order valence-electron chi connectivity index (χ1n) is 13.3. The average molecular weight is 572 g/mol. The maximum absolute atomic E-state index is 13.4. The number of fused-ring (bicyclic) bond motifs is 1. The van der Waals surface area contributed by atoms with Crippen molar-refractivity contribution in [2.75, 3.05) is 36.9 Å². The number of carbonyl (C=O) groups is 2. The van der Waals surface area contributed by atoms with Gasteiger partial charge in [0, 0.05) is 61.6 Å². The lowest BCUT2D eigenvalue weighted by Gasteiger charge is -2.39. The molecule has 2 heterocycles. The summed E-state index contributed by atoms with van der Waals surface area (Å²) in [6.45, 7) is 4.00. The summed E-state index contributed by atoms with van der Waals surface area (Å²) in [5, 5.41) is 2.20. The molecule has 0 atom stereocenters. The Morgan fingerprint density at radius 1 is 1.03 bits per heavy atom. The van der Waals surface area contributed by atoms with Gasteiger partial charge in [-0.1, -0.05) is 23.7 Å². The van der Waals surface area contributed by atoms with Gasteiger partial charge in [0.25, 0.3) is 0 Å². The number of carbonyl (C=O) groups excluding carboxylic acids is 2. The molecule has 1 fully saturated rings. The van der Waals surface area contributed by atoms with Crippen LogP contribution in [0.5, 0.6) is 0 Å². The number of sulfone groups is 1. The fourth-order valence-electron chi connectivity index (χ4n) is 5.00. The first-order valence-corrected chi connectivity index (χ1v) is 15.3. The van der Waals surface area contributed by atoms with E-state index < -0.39 is 9.84 Å². The first kappa shape index (κ1) is 28.8. The van der Waals surface area contributed by atoms with E-state index in [2.05, 4.69) is 9.88 Å². The van der Waals surface area contributed by atoms with Crippen molar-refractivity contribution < 1.29 is 22.7 Å². The van der Waals surface area contributed by atoms with Gasteiger partial charge >= 0.3 is 5.97 Å². The number of benzene rings is 2. The van der Waals surface area contributed by atoms with Crippen LogP contribution < -0.4 is 4.90 Å². The third kappa shape index (κ3) is 7.70. The highest BCUT2D eigenvalue weighted by Crippen LogP contribution is 2.25. The highest BCUT2D eigenvalue weighted by atomic mass is 35.5. The van der Waals surface area contributed by atoms with E-state index in [1.165, 1.54) is 0 Å². The molecule has 0 N–H and O–H groups in total. The minimum atomic E-state index is -3.68. The van der Waals surface area contributed by atoms with Crippen LogP contribution >= 0.6 is 11.6 Å². The number of esters is 1. The summed E-state index contributed by atoms with van der Waals surface area (Å²) in [4.78, 5) is 33.6. The summed E-state index contributed by atoms with van der Waals surface area (Å²) in [5.41, 5.74) is 1.09. The fourth-order valence-corrected chi connectivity index (χ4v) is 6.44. The second-order valence-electron chi connectivity index (χ2n) is 9.64. The Kier molecular flexibility index (Phi) is 9.80. The lowest BCUT2D eigenvalue weighted by molar-refractivity contribution is -0.144. The molecule has 0 saturated carbocycles. The number of hydrogen-bond donors (Lipinski definition) is 0. The van der Waals surface area contributed by atoms with Gasteiger partial charge in [-0.15, -0.1) is 0 Å². The molecule has 10 heteroatoms. The second-order valence-corrected chi connectivity index (χ2v) is 12.2. The monoisotopic (exact) mass is 571 g/mol. The summed E-state index contributed by atoms with van der Waals surface area (Å²) in [7, 11) is -3.68. The SMILES string of the molecule is CCOC(=O)CCCN(C(=O)CCS(=O)(=O)c1ccc2cc(Cl)ccc2c1)C1CCN(c2ccncc2)CC1. The molecule has 1 aromatic heterocycles. The van der Waals surface area contributed by atoms with Crippen molar-refractivity contribution in [1.82, 2.24) is 9.88 Å². The number of rotatable bonds is 11. The van der Waals surface area contributed by atoms with Crippen LogP contribution in [0.2, 0.25) is 5.02 Å². The Balaban J connectivity index is 1.42. The maximum Gasteiger partial charge on any atom is 0.305 e. The molecule has 0 aliphatic carbocycles. The first-order chi connectivity index (χ1) is 18.8. The van der Waals surface area contributed by atoms with Crippen LogP contribution in [0.25, 0.3) is 10.8 Å². The van der Waals surface area contributed by atoms with Gasteiger partial charge in [-0.3, -0.25) is 14.6 Å². The Hall–Kier alpha value is -3.17. The molecule has 0 spiro atoms. The average Bonchev–Trinajstić information content (AvgIpc) is 2.94. The lowest BCUT2D eigenvalue weighted by Crippen LogP contribution is -2.48. The van der Waals surface area contributed by atoms with Crippen molar-refractivity contribution in [3.63, 3.8) is 0 Å². The molecule has 0 unspecified atom stereocenters. The molecule has 4 rings (SSSR count). The number of pyridine rings is 1. The molecule has 1 amide bonds. The van der Waals surface area contributed by atoms with E-state index in [1.54, 1.807) is 60.6 Å². The highest BCUT2D eigenvalue weighted by Gasteiger charge is 2.29. The predicted octanol–water partition coefficient (Wildman–Crippen LogP) is 4.89. The zero-order chi connectivity index (χ0) is 27.8. The third-order valence-electron chi connectivity index (χ3n) is 7.06. The Morgan fingerprint density at radius 3 is 2.44 bits per heavy atom. The van der Waals surface area contributed by atoms with Gasteiger partial charge in [-0.2, -0.15) is 0 Å². The number of aromatic nitrogens is 1. The highest BCUT2D eigenvalue weighted by molar-refractivity contribution is 7.91. The normalized spacial score (nSPS) is 14.4. The van der Waals surface area contributed by atoms with Crippen molar-refractivity contribution >= 4 is 49.8 Å². The number of hydrogen-bond acceptors (Lipinski definition) is 7. The zero-order valence-corrected chi connectivity index (χ0v) is 23.7. The van der Waals surface area contributed by atoms with E-state index in [-0.39, 0.29) is 41.4 Å². The number of nitrogens with zero attached hydrogens (tertiary/aromatic N) is 3. The third-order valence-corrected chi connectivity index (χ3v) is 9.01. The topological polar surface area (TPSA) is 96.9 Å². The van der Waals surface area contributed by atoms with Gasteiger partial charge in [-0.05, 0) is 73.4 Å². The molecule has 2 aromatic carbocycles. The van der Waals surface area contributed by atoms with Crippen LogP contribution in [-0.2, 0) is 24.2 Å². The van der Waals surface area contributed by atoms with E-state index in [0.717, 1.165) is 42.4 Å². The molecule has 8 nitrogen and oxygen atoms in total. The second kappa shape index (κ2) is 13.3. The van der Waals surface area contributed by atoms with Gasteiger partial charge in [0.15, 0.2) is 9.84 Å². The number of halogens is 1. The molecular formula is C29H34ClN3O5S. The molecule has 3 aromatic rings. The van der Waals surface area contributed by atoms with Gasteiger partial charge < -0.3 is 14.5 Å². The minimum Gasteiger partial charge on any atom is -0.466 e. The van der Waals surface area contributed by atoms with Gasteiger partial charge in [-0.25, -0.2) is 8.42 Å². The summed E-state index contributed by atoms with van der Waals surface area (Å²) < 4.78 is 31.3. The number of anilines is 1. The van der Waals surface area contributed by atoms with Crippen molar-refractivity contribution in [1.29, 1.82) is 0 Å². The molecular weight excluding hydrogens is 538 g/mol. The maximum atomic E-state index is 13.4. The largest absolute Gasteiger partial charge is 0.466 e. The molecule has 1 aliphatic heterocycles. The summed E-state index contributed by atoms with van der Waals surface area (Å²) >= 11 is 6.04. The van der Waals surface area contributed by atoms with E-state index in [4.69, 9.17) is 16.3 Å². The summed E-state index contributed by atoms with van der Waals surface area (Å²) in [6.07, 6.45) is 5.60. The number of piperidine rings is 1. The van der Waals surface area contributed by atoms with E-state index in [1.807, 2.05) is 12.1 Å². The summed E-state index contributed by atoms with van der Waals surface area (Å²) in [6, 6.07) is 14.1. The molecule has 1 saturated heterocycles. The lowest BCUT2D eigenvalue weighted by atomic mass is 10.0. The Morgan fingerprint density at radius 2 is 1.72 bits per heavy atom. The number of amides is 1. The quantitative estimate of drug-likeness (QED) is 0.302. The van der Waals surface area contributed by atoms with Crippen LogP contribution in [0.3, 0.4) is 0 Å². The van der Waals surface area contributed by atoms with E-state index in [9.17, 15) is 18.0 Å². The Labute approximate surface area is 234 Å². The van der Waals surface area contributed by atoms with Crippen LogP contribution in [0.1, 0.15) is 39.0 Å². The van der Waals surface area contributed by atoms with E-state index in [0.29, 0.717) is 24.6 Å². The smallest absolute Gasteiger partial charge is 0.305 e. The van der Waals surface area contributed by atoms with Crippen molar-refractivity contribution in [3.8, 4) is 0 Å².